The monoisotopic (exact) mass is 363 g/mol. The predicted molar refractivity (Wildman–Crippen MR) is 102 cm³/mol. The third-order valence-electron chi connectivity index (χ3n) is 3.66. The van der Waals surface area contributed by atoms with Gasteiger partial charge in [0.2, 0.25) is 0 Å². The molecule has 0 aliphatic heterocycles. The number of esters is 1. The number of nitrogens with one attached hydrogen (secondary N) is 2. The van der Waals surface area contributed by atoms with Gasteiger partial charge in [0.05, 0.1) is 18.5 Å². The number of carbonyl (C=O) groups excluding carboxylic acids is 2. The van der Waals surface area contributed by atoms with Gasteiger partial charge in [-0.2, -0.15) is 0 Å². The van der Waals surface area contributed by atoms with Gasteiger partial charge in [-0.15, -0.1) is 11.3 Å². The number of aromatic nitrogens is 1. The van der Waals surface area contributed by atoms with Crippen LogP contribution < -0.4 is 10.6 Å². The number of ether oxygens (including phenoxy) is 1. The third-order valence-corrected chi connectivity index (χ3v) is 5.20. The number of thiophene rings is 1. The summed E-state index contributed by atoms with van der Waals surface area (Å²) in [5, 5.41) is 5.53. The summed E-state index contributed by atoms with van der Waals surface area (Å²) in [5.74, 6) is -0.457. The lowest BCUT2D eigenvalue weighted by Gasteiger charge is -2.15. The van der Waals surface area contributed by atoms with Crippen molar-refractivity contribution in [2.24, 2.45) is 0 Å². The summed E-state index contributed by atoms with van der Waals surface area (Å²) in [6.45, 7) is 10.3. The van der Waals surface area contributed by atoms with Crippen LogP contribution in [0.25, 0.3) is 0 Å². The largest absolute Gasteiger partial charge is 0.465 e. The van der Waals surface area contributed by atoms with Crippen LogP contribution in [0, 0.1) is 0 Å². The van der Waals surface area contributed by atoms with Crippen LogP contribution in [0.1, 0.15) is 55.2 Å². The van der Waals surface area contributed by atoms with E-state index in [4.69, 9.17) is 4.74 Å². The maximum absolute atomic E-state index is 12.3. The first-order valence-corrected chi connectivity index (χ1v) is 8.91. The first-order valence-electron chi connectivity index (χ1n) is 8.10. The average molecular weight is 363 g/mol. The van der Waals surface area contributed by atoms with Crippen molar-refractivity contribution in [3.63, 3.8) is 0 Å². The summed E-state index contributed by atoms with van der Waals surface area (Å²) >= 11 is 1.33. The van der Waals surface area contributed by atoms with Gasteiger partial charge in [-0.1, -0.05) is 20.8 Å². The molecule has 0 bridgehead atoms. The Morgan fingerprint density at radius 1 is 1.24 bits per heavy atom. The lowest BCUT2D eigenvalue weighted by atomic mass is 9.94. The van der Waals surface area contributed by atoms with Crippen LogP contribution in [-0.2, 0) is 10.2 Å². The molecule has 0 saturated carbocycles. The molecule has 7 heteroatoms. The van der Waals surface area contributed by atoms with E-state index in [-0.39, 0.29) is 5.41 Å². The molecule has 0 aliphatic carbocycles. The molecule has 0 spiro atoms. The average Bonchev–Trinajstić information content (AvgIpc) is 3.13. The van der Waals surface area contributed by atoms with Gasteiger partial charge in [-0.05, 0) is 31.4 Å². The number of nitrogens with zero attached hydrogens (tertiary/aromatic N) is 1. The predicted octanol–water partition coefficient (Wildman–Crippen LogP) is 4.86. The molecule has 0 unspecified atom stereocenters. The number of hydrogen-bond acceptors (Lipinski definition) is 4. The lowest BCUT2D eigenvalue weighted by molar-refractivity contribution is 0.0607. The SMILES string of the molecule is COC(=O)c1sc(C(C)(C)C)cc1NC(=O)Nc1ccn(C(C)C)c1. The van der Waals surface area contributed by atoms with Gasteiger partial charge < -0.3 is 19.9 Å². The van der Waals surface area contributed by atoms with E-state index >= 15 is 0 Å². The Morgan fingerprint density at radius 2 is 1.92 bits per heavy atom. The van der Waals surface area contributed by atoms with Crippen LogP contribution in [0.2, 0.25) is 0 Å². The summed E-state index contributed by atoms with van der Waals surface area (Å²) in [5.41, 5.74) is 1.03. The fourth-order valence-corrected chi connectivity index (χ4v) is 3.28. The van der Waals surface area contributed by atoms with Gasteiger partial charge in [-0.3, -0.25) is 0 Å². The molecule has 0 aromatic carbocycles. The van der Waals surface area contributed by atoms with Gasteiger partial charge in [0, 0.05) is 23.3 Å². The van der Waals surface area contributed by atoms with E-state index in [0.717, 1.165) is 4.88 Å². The van der Waals surface area contributed by atoms with Gasteiger partial charge in [0.1, 0.15) is 4.88 Å². The summed E-state index contributed by atoms with van der Waals surface area (Å²) in [6, 6.07) is 3.57. The highest BCUT2D eigenvalue weighted by Gasteiger charge is 2.24. The second-order valence-electron chi connectivity index (χ2n) is 7.12. The number of carbonyl (C=O) groups is 2. The smallest absolute Gasteiger partial charge is 0.350 e. The Morgan fingerprint density at radius 3 is 2.44 bits per heavy atom. The van der Waals surface area contributed by atoms with E-state index in [0.29, 0.717) is 22.3 Å². The Labute approximate surface area is 152 Å². The first-order chi connectivity index (χ1) is 11.6. The number of anilines is 2. The molecule has 6 nitrogen and oxygen atoms in total. The van der Waals surface area contributed by atoms with Crippen LogP contribution in [0.15, 0.2) is 24.5 Å². The second-order valence-corrected chi connectivity index (χ2v) is 8.17. The van der Waals surface area contributed by atoms with Crippen molar-refractivity contribution in [2.45, 2.75) is 46.1 Å². The molecule has 0 atom stereocenters. The molecular weight excluding hydrogens is 338 g/mol. The first kappa shape index (κ1) is 19.1. The molecule has 2 heterocycles. The number of urea groups is 1. The Bertz CT molecular complexity index is 769. The maximum Gasteiger partial charge on any atom is 0.350 e. The van der Waals surface area contributed by atoms with Gasteiger partial charge in [-0.25, -0.2) is 9.59 Å². The quantitative estimate of drug-likeness (QED) is 0.762. The molecule has 2 aromatic rings. The van der Waals surface area contributed by atoms with Crippen LogP contribution in [0.5, 0.6) is 0 Å². The topological polar surface area (TPSA) is 72.4 Å². The molecule has 0 saturated heterocycles. The Kier molecular flexibility index (Phi) is 5.57. The Hall–Kier alpha value is -2.28. The van der Waals surface area contributed by atoms with Gasteiger partial charge in [0.15, 0.2) is 0 Å². The lowest BCUT2D eigenvalue weighted by Crippen LogP contribution is -2.20. The fraction of sp³-hybridized carbons (Fsp3) is 0.444. The molecule has 2 aromatic heterocycles. The molecule has 0 fully saturated rings. The molecule has 0 aliphatic rings. The highest BCUT2D eigenvalue weighted by molar-refractivity contribution is 7.14. The zero-order chi connectivity index (χ0) is 18.8. The zero-order valence-corrected chi connectivity index (χ0v) is 16.3. The fourth-order valence-electron chi connectivity index (χ4n) is 2.19. The van der Waals surface area contributed by atoms with Crippen LogP contribution in [-0.4, -0.2) is 23.7 Å². The summed E-state index contributed by atoms with van der Waals surface area (Å²) < 4.78 is 6.83. The van der Waals surface area contributed by atoms with Crippen LogP contribution in [0.3, 0.4) is 0 Å². The minimum atomic E-state index is -0.457. The summed E-state index contributed by atoms with van der Waals surface area (Å²) in [6.07, 6.45) is 3.77. The number of hydrogen-bond donors (Lipinski definition) is 2. The highest BCUT2D eigenvalue weighted by atomic mass is 32.1. The number of methoxy groups -OCH3 is 1. The van der Waals surface area contributed by atoms with Gasteiger partial charge in [0.25, 0.3) is 0 Å². The van der Waals surface area contributed by atoms with E-state index in [1.807, 2.05) is 29.1 Å². The van der Waals surface area contributed by atoms with Crippen LogP contribution in [0.4, 0.5) is 16.2 Å². The normalized spacial score (nSPS) is 11.5. The third kappa shape index (κ3) is 4.63. The zero-order valence-electron chi connectivity index (χ0n) is 15.5. The highest BCUT2D eigenvalue weighted by Crippen LogP contribution is 2.36. The Balaban J connectivity index is 2.18. The standard InChI is InChI=1S/C18H25N3O3S/c1-11(2)21-8-7-12(10-21)19-17(23)20-13-9-14(18(3,4)5)25-15(13)16(22)24-6/h7-11H,1-6H3,(H2,19,20,23). The summed E-state index contributed by atoms with van der Waals surface area (Å²) in [7, 11) is 1.33. The van der Waals surface area contributed by atoms with Crippen molar-refractivity contribution >= 4 is 34.7 Å². The van der Waals surface area contributed by atoms with Crippen molar-refractivity contribution in [1.29, 1.82) is 0 Å². The van der Waals surface area contributed by atoms with E-state index in [1.165, 1.54) is 18.4 Å². The van der Waals surface area contributed by atoms with Crippen molar-refractivity contribution in [3.05, 3.63) is 34.3 Å². The summed E-state index contributed by atoms with van der Waals surface area (Å²) in [4.78, 5) is 25.7. The van der Waals surface area contributed by atoms with Crippen molar-refractivity contribution < 1.29 is 14.3 Å². The molecule has 136 valence electrons. The van der Waals surface area contributed by atoms with Crippen molar-refractivity contribution in [2.75, 3.05) is 17.7 Å². The minimum Gasteiger partial charge on any atom is -0.465 e. The van der Waals surface area contributed by atoms with E-state index in [1.54, 1.807) is 0 Å². The maximum atomic E-state index is 12.3. The molecule has 0 radical (unpaired) electrons. The molecular formula is C18H25N3O3S. The second kappa shape index (κ2) is 7.31. The molecule has 25 heavy (non-hydrogen) atoms. The molecule has 2 amide bonds. The van der Waals surface area contributed by atoms with E-state index < -0.39 is 12.0 Å². The number of rotatable bonds is 4. The van der Waals surface area contributed by atoms with Crippen molar-refractivity contribution in [3.8, 4) is 0 Å². The molecule has 2 N–H and O–H groups in total. The number of amides is 2. The van der Waals surface area contributed by atoms with Gasteiger partial charge >= 0.3 is 12.0 Å². The van der Waals surface area contributed by atoms with Crippen molar-refractivity contribution in [1.82, 2.24) is 4.57 Å². The minimum absolute atomic E-state index is 0.127. The molecule has 2 rings (SSSR count). The van der Waals surface area contributed by atoms with E-state index in [2.05, 4.69) is 45.3 Å². The van der Waals surface area contributed by atoms with E-state index in [9.17, 15) is 9.59 Å². The van der Waals surface area contributed by atoms with Crippen LogP contribution >= 0.6 is 11.3 Å².